The summed E-state index contributed by atoms with van der Waals surface area (Å²) >= 11 is 0. The number of nitrogens with zero attached hydrogens (tertiary/aromatic N) is 4. The smallest absolute Gasteiger partial charge is 0.319 e. The number of anilines is 1. The number of benzene rings is 2. The standard InChI is InChI=1S/C34H31F4N5O2.C2H6/c1-3-22-24(35)13-12-21-10-8-11-23(25(21)22)28-27(36)29-26-30(39-15-7-5-4-6-9-20(2)45-31(26)40-28)42-32(41-29)44-19-33-14-16-43(33)18-34(37,38)17-33;1-2/h1,4-5,8,10-13,20H,6-7,9,14-19H2,2H3,(H,39,41,42);1-2H3/t20-,33+;/m0./s1. The molecule has 3 aliphatic rings. The molecule has 0 unspecified atom stereocenters. The number of ether oxygens (including phenoxy) is 2. The van der Waals surface area contributed by atoms with Crippen LogP contribution in [0.25, 0.3) is 32.9 Å². The summed E-state index contributed by atoms with van der Waals surface area (Å²) in [4.78, 5) is 15.4. The van der Waals surface area contributed by atoms with Gasteiger partial charge in [0.05, 0.1) is 23.8 Å². The molecule has 2 atom stereocenters. The van der Waals surface area contributed by atoms with Crippen LogP contribution >= 0.6 is 0 Å². The van der Waals surface area contributed by atoms with Crippen molar-refractivity contribution in [2.45, 2.75) is 70.4 Å². The molecule has 3 aliphatic heterocycles. The van der Waals surface area contributed by atoms with Gasteiger partial charge in [0, 0.05) is 30.5 Å². The number of aromatic nitrogens is 3. The minimum absolute atomic E-state index is 0.0131. The molecule has 0 saturated carbocycles. The average Bonchev–Trinajstić information content (AvgIpc) is 3.24. The lowest BCUT2D eigenvalue weighted by molar-refractivity contribution is -0.0132. The monoisotopic (exact) mass is 647 g/mol. The van der Waals surface area contributed by atoms with Crippen LogP contribution in [0.3, 0.4) is 0 Å². The Morgan fingerprint density at radius 1 is 1.09 bits per heavy atom. The number of pyridine rings is 1. The zero-order valence-electron chi connectivity index (χ0n) is 26.7. The zero-order chi connectivity index (χ0) is 33.3. The van der Waals surface area contributed by atoms with E-state index < -0.39 is 23.1 Å². The summed E-state index contributed by atoms with van der Waals surface area (Å²) in [6.07, 6.45) is 11.9. The van der Waals surface area contributed by atoms with Gasteiger partial charge < -0.3 is 14.8 Å². The van der Waals surface area contributed by atoms with Crippen molar-refractivity contribution in [1.82, 2.24) is 19.9 Å². The Balaban J connectivity index is 0.00000190. The molecule has 1 N–H and O–H groups in total. The Labute approximate surface area is 271 Å². The predicted octanol–water partition coefficient (Wildman–Crippen LogP) is 7.91. The van der Waals surface area contributed by atoms with Crippen molar-refractivity contribution in [2.75, 3.05) is 31.6 Å². The van der Waals surface area contributed by atoms with E-state index in [1.165, 1.54) is 6.07 Å². The van der Waals surface area contributed by atoms with Gasteiger partial charge in [-0.1, -0.05) is 56.2 Å². The molecule has 246 valence electrons. The minimum Gasteiger partial charge on any atom is -0.474 e. The fourth-order valence-electron chi connectivity index (χ4n) is 6.62. The van der Waals surface area contributed by atoms with Crippen molar-refractivity contribution >= 4 is 27.5 Å². The zero-order valence-corrected chi connectivity index (χ0v) is 26.7. The first-order valence-corrected chi connectivity index (χ1v) is 16.1. The van der Waals surface area contributed by atoms with Crippen LogP contribution in [0.15, 0.2) is 42.5 Å². The van der Waals surface area contributed by atoms with E-state index in [1.54, 1.807) is 29.2 Å². The number of terminal acetylenes is 1. The number of allylic oxidation sites excluding steroid dienone is 1. The molecule has 4 aromatic rings. The molecule has 11 heteroatoms. The molecular formula is C36H37F4N5O2. The molecule has 7 nitrogen and oxygen atoms in total. The van der Waals surface area contributed by atoms with Crippen molar-refractivity contribution in [3.8, 4) is 35.5 Å². The summed E-state index contributed by atoms with van der Waals surface area (Å²) in [6, 6.07) is 7.79. The van der Waals surface area contributed by atoms with E-state index in [4.69, 9.17) is 15.9 Å². The van der Waals surface area contributed by atoms with E-state index in [-0.39, 0.29) is 71.1 Å². The van der Waals surface area contributed by atoms with Crippen molar-refractivity contribution in [1.29, 1.82) is 0 Å². The lowest BCUT2D eigenvalue weighted by atomic mass is 9.85. The maximum absolute atomic E-state index is 16.8. The highest BCUT2D eigenvalue weighted by atomic mass is 19.3. The van der Waals surface area contributed by atoms with Gasteiger partial charge in [-0.3, -0.25) is 4.90 Å². The third-order valence-electron chi connectivity index (χ3n) is 8.95. The fourth-order valence-corrected chi connectivity index (χ4v) is 6.62. The van der Waals surface area contributed by atoms with Crippen LogP contribution in [0.5, 0.6) is 11.9 Å². The van der Waals surface area contributed by atoms with Gasteiger partial charge in [0.2, 0.25) is 5.88 Å². The van der Waals surface area contributed by atoms with Gasteiger partial charge in [-0.25, -0.2) is 22.5 Å². The normalized spacial score (nSPS) is 22.0. The molecule has 0 amide bonds. The van der Waals surface area contributed by atoms with E-state index in [1.807, 2.05) is 26.8 Å². The van der Waals surface area contributed by atoms with Gasteiger partial charge in [0.15, 0.2) is 5.82 Å². The Bertz CT molecular complexity index is 1890. The number of rotatable bonds is 4. The second kappa shape index (κ2) is 13.0. The molecule has 47 heavy (non-hydrogen) atoms. The number of halogens is 4. The molecular weight excluding hydrogens is 610 g/mol. The second-order valence-electron chi connectivity index (χ2n) is 12.0. The highest BCUT2D eigenvalue weighted by Crippen LogP contribution is 2.48. The molecule has 2 fully saturated rings. The number of fused-ring (bicyclic) bond motifs is 2. The molecule has 0 bridgehead atoms. The first kappa shape index (κ1) is 32.5. The molecule has 2 aromatic carbocycles. The first-order chi connectivity index (χ1) is 22.7. The Morgan fingerprint density at radius 2 is 1.89 bits per heavy atom. The van der Waals surface area contributed by atoms with Crippen LogP contribution in [-0.2, 0) is 0 Å². The second-order valence-corrected chi connectivity index (χ2v) is 12.0. The SMILES string of the molecule is C#Cc1c(F)ccc2cccc(-c3nc4c5c(nc(OC[C@]67CCN6CC(F)(F)C7)nc5c3F)NCCC=CCC[C@H](C)O4)c12.CC. The van der Waals surface area contributed by atoms with Crippen molar-refractivity contribution in [2.24, 2.45) is 0 Å². The van der Waals surface area contributed by atoms with Crippen LogP contribution in [0.2, 0.25) is 0 Å². The molecule has 0 radical (unpaired) electrons. The lowest BCUT2D eigenvalue weighted by Crippen LogP contribution is -2.59. The van der Waals surface area contributed by atoms with E-state index in [0.29, 0.717) is 43.1 Å². The van der Waals surface area contributed by atoms with Gasteiger partial charge >= 0.3 is 6.01 Å². The van der Waals surface area contributed by atoms with E-state index in [9.17, 15) is 13.2 Å². The topological polar surface area (TPSA) is 72.4 Å². The Kier molecular flexibility index (Phi) is 8.99. The summed E-state index contributed by atoms with van der Waals surface area (Å²) in [5.41, 5.74) is -0.812. The summed E-state index contributed by atoms with van der Waals surface area (Å²) < 4.78 is 72.6. The third kappa shape index (κ3) is 6.07. The molecule has 2 aromatic heterocycles. The van der Waals surface area contributed by atoms with E-state index in [0.717, 1.165) is 6.42 Å². The summed E-state index contributed by atoms with van der Waals surface area (Å²) in [7, 11) is 0. The van der Waals surface area contributed by atoms with Crippen molar-refractivity contribution in [3.05, 3.63) is 59.7 Å². The maximum Gasteiger partial charge on any atom is 0.319 e. The molecule has 5 heterocycles. The van der Waals surface area contributed by atoms with Gasteiger partial charge in [-0.15, -0.1) is 6.42 Å². The van der Waals surface area contributed by atoms with Crippen molar-refractivity contribution in [3.63, 3.8) is 0 Å². The first-order valence-electron chi connectivity index (χ1n) is 16.1. The van der Waals surface area contributed by atoms with Gasteiger partial charge in [-0.05, 0) is 44.1 Å². The highest BCUT2D eigenvalue weighted by Gasteiger charge is 2.60. The minimum atomic E-state index is -2.81. The molecule has 0 aliphatic carbocycles. The van der Waals surface area contributed by atoms with Gasteiger partial charge in [-0.2, -0.15) is 9.97 Å². The third-order valence-corrected chi connectivity index (χ3v) is 8.95. The molecule has 2 saturated heterocycles. The summed E-state index contributed by atoms with van der Waals surface area (Å²) in [5.74, 6) is -1.47. The molecule has 7 rings (SSSR count). The summed E-state index contributed by atoms with van der Waals surface area (Å²) in [6.45, 7) is 6.55. The predicted molar refractivity (Wildman–Crippen MR) is 175 cm³/mol. The highest BCUT2D eigenvalue weighted by molar-refractivity contribution is 6.03. The van der Waals surface area contributed by atoms with Crippen LogP contribution in [0.4, 0.5) is 23.4 Å². The molecule has 0 spiro atoms. The maximum atomic E-state index is 16.8. The summed E-state index contributed by atoms with van der Waals surface area (Å²) in [5, 5.41) is 4.41. The number of hydrogen-bond donors (Lipinski definition) is 1. The quantitative estimate of drug-likeness (QED) is 0.137. The van der Waals surface area contributed by atoms with E-state index in [2.05, 4.69) is 32.3 Å². The average molecular weight is 648 g/mol. The van der Waals surface area contributed by atoms with Crippen molar-refractivity contribution < 1.29 is 27.0 Å². The van der Waals surface area contributed by atoms with Gasteiger partial charge in [0.1, 0.15) is 34.8 Å². The fraction of sp³-hybridized carbons (Fsp3) is 0.417. The van der Waals surface area contributed by atoms with Crippen LogP contribution in [0.1, 0.15) is 58.4 Å². The van der Waals surface area contributed by atoms with Crippen LogP contribution in [0, 0.1) is 24.0 Å². The lowest BCUT2D eigenvalue weighted by Gasteiger charge is -2.46. The Morgan fingerprint density at radius 3 is 2.64 bits per heavy atom. The van der Waals surface area contributed by atoms with Crippen LogP contribution < -0.4 is 14.8 Å². The number of nitrogens with one attached hydrogen (secondary N) is 1. The van der Waals surface area contributed by atoms with Crippen LogP contribution in [-0.4, -0.2) is 63.7 Å². The number of alkyl halides is 2. The number of hydrogen-bond acceptors (Lipinski definition) is 7. The van der Waals surface area contributed by atoms with E-state index >= 15 is 4.39 Å². The largest absolute Gasteiger partial charge is 0.474 e. The van der Waals surface area contributed by atoms with Gasteiger partial charge in [0.25, 0.3) is 5.92 Å². The Hall–Kier alpha value is -4.43.